The minimum atomic E-state index is 0. The van der Waals surface area contributed by atoms with Crippen LogP contribution in [-0.4, -0.2) is 29.9 Å². The number of nitrogens with zero attached hydrogens (tertiary/aromatic N) is 2. The fourth-order valence-corrected chi connectivity index (χ4v) is 0.717. The van der Waals surface area contributed by atoms with E-state index in [-0.39, 0.29) is 12.4 Å². The largest absolute Gasteiger partial charge is 1.00 e. The SMILES string of the molecule is C[N+](C)=Cc1ccccn1.[Cl-]. The molecule has 3 heteroatoms. The van der Waals surface area contributed by atoms with Gasteiger partial charge < -0.3 is 12.4 Å². The highest BCUT2D eigenvalue weighted by molar-refractivity contribution is 5.72. The third-order valence-electron chi connectivity index (χ3n) is 1.08. The number of hydrogen-bond donors (Lipinski definition) is 0. The molecule has 2 nitrogen and oxygen atoms in total. The zero-order valence-electron chi connectivity index (χ0n) is 6.66. The Balaban J connectivity index is 0.000001000. The highest BCUT2D eigenvalue weighted by atomic mass is 35.5. The molecule has 0 unspecified atom stereocenters. The van der Waals surface area contributed by atoms with Crippen LogP contribution in [-0.2, 0) is 0 Å². The van der Waals surface area contributed by atoms with Gasteiger partial charge in [-0.25, -0.2) is 4.58 Å². The monoisotopic (exact) mass is 170 g/mol. The Morgan fingerprint density at radius 1 is 1.36 bits per heavy atom. The van der Waals surface area contributed by atoms with E-state index in [1.807, 2.05) is 43.1 Å². The second-order valence-corrected chi connectivity index (χ2v) is 2.35. The smallest absolute Gasteiger partial charge is 0.188 e. The highest BCUT2D eigenvalue weighted by Gasteiger charge is 1.89. The summed E-state index contributed by atoms with van der Waals surface area (Å²) in [5, 5.41) is 0. The molecule has 0 aliphatic heterocycles. The van der Waals surface area contributed by atoms with Gasteiger partial charge in [0.2, 0.25) is 0 Å². The zero-order valence-corrected chi connectivity index (χ0v) is 7.42. The molecule has 0 N–H and O–H groups in total. The third-order valence-corrected chi connectivity index (χ3v) is 1.08. The van der Waals surface area contributed by atoms with Crippen molar-refractivity contribution >= 4 is 6.21 Å². The minimum absolute atomic E-state index is 0. The molecule has 0 saturated carbocycles. The van der Waals surface area contributed by atoms with Crippen molar-refractivity contribution in [2.75, 3.05) is 14.1 Å². The summed E-state index contributed by atoms with van der Waals surface area (Å²) < 4.78 is 1.97. The first-order valence-electron chi connectivity index (χ1n) is 3.21. The maximum atomic E-state index is 4.12. The van der Waals surface area contributed by atoms with Crippen molar-refractivity contribution in [2.24, 2.45) is 0 Å². The molecule has 0 aromatic carbocycles. The standard InChI is InChI=1S/C8H11N2.ClH/c1-10(2)7-8-5-3-4-6-9-8;/h3-7H,1-2H3;1H/q+1;/p-1. The summed E-state index contributed by atoms with van der Waals surface area (Å²) in [4.78, 5) is 4.12. The fraction of sp³-hybridized carbons (Fsp3) is 0.250. The van der Waals surface area contributed by atoms with Crippen molar-refractivity contribution < 1.29 is 17.0 Å². The van der Waals surface area contributed by atoms with E-state index in [0.29, 0.717) is 0 Å². The van der Waals surface area contributed by atoms with Crippen LogP contribution in [0.2, 0.25) is 0 Å². The molecule has 1 aromatic heterocycles. The van der Waals surface area contributed by atoms with E-state index in [0.717, 1.165) is 5.69 Å². The lowest BCUT2D eigenvalue weighted by molar-refractivity contribution is -0.458. The van der Waals surface area contributed by atoms with E-state index in [1.165, 1.54) is 0 Å². The van der Waals surface area contributed by atoms with Gasteiger partial charge in [0, 0.05) is 6.20 Å². The number of aromatic nitrogens is 1. The molecular formula is C8H11ClN2. The summed E-state index contributed by atoms with van der Waals surface area (Å²) in [6, 6.07) is 5.86. The Bertz CT molecular complexity index is 227. The molecule has 0 radical (unpaired) electrons. The van der Waals surface area contributed by atoms with Crippen LogP contribution < -0.4 is 12.4 Å². The molecule has 11 heavy (non-hydrogen) atoms. The quantitative estimate of drug-likeness (QED) is 0.345. The second kappa shape index (κ2) is 4.85. The van der Waals surface area contributed by atoms with Gasteiger partial charge in [0.1, 0.15) is 19.8 Å². The van der Waals surface area contributed by atoms with Gasteiger partial charge in [-0.1, -0.05) is 6.07 Å². The van der Waals surface area contributed by atoms with Crippen molar-refractivity contribution in [1.29, 1.82) is 0 Å². The van der Waals surface area contributed by atoms with Crippen LogP contribution in [0, 0.1) is 0 Å². The second-order valence-electron chi connectivity index (χ2n) is 2.35. The van der Waals surface area contributed by atoms with Gasteiger partial charge in [-0.3, -0.25) is 4.98 Å². The lowest BCUT2D eigenvalue weighted by atomic mass is 10.4. The van der Waals surface area contributed by atoms with E-state index in [9.17, 15) is 0 Å². The normalized spacial score (nSPS) is 8.18. The van der Waals surface area contributed by atoms with Gasteiger partial charge in [0.15, 0.2) is 6.21 Å². The van der Waals surface area contributed by atoms with Gasteiger partial charge in [-0.15, -0.1) is 0 Å². The van der Waals surface area contributed by atoms with Crippen LogP contribution in [0.25, 0.3) is 0 Å². The number of halogens is 1. The predicted octanol–water partition coefficient (Wildman–Crippen LogP) is -2.22. The summed E-state index contributed by atoms with van der Waals surface area (Å²) in [6.07, 6.45) is 3.76. The lowest BCUT2D eigenvalue weighted by Gasteiger charge is -1.86. The summed E-state index contributed by atoms with van der Waals surface area (Å²) in [7, 11) is 3.96. The zero-order chi connectivity index (χ0) is 7.40. The molecule has 0 amide bonds. The van der Waals surface area contributed by atoms with Gasteiger partial charge in [0.05, 0.1) is 0 Å². The van der Waals surface area contributed by atoms with E-state index >= 15 is 0 Å². The molecule has 0 aliphatic rings. The van der Waals surface area contributed by atoms with E-state index in [2.05, 4.69) is 4.98 Å². The molecule has 0 bridgehead atoms. The average Bonchev–Trinajstić information content (AvgIpc) is 1.88. The average molecular weight is 171 g/mol. The topological polar surface area (TPSA) is 15.9 Å². The summed E-state index contributed by atoms with van der Waals surface area (Å²) in [5.74, 6) is 0. The first kappa shape index (κ1) is 10.1. The van der Waals surface area contributed by atoms with Crippen LogP contribution in [0.3, 0.4) is 0 Å². The van der Waals surface area contributed by atoms with Crippen molar-refractivity contribution in [3.8, 4) is 0 Å². The van der Waals surface area contributed by atoms with Crippen molar-refractivity contribution in [3.05, 3.63) is 30.1 Å². The van der Waals surface area contributed by atoms with E-state index in [4.69, 9.17) is 0 Å². The van der Waals surface area contributed by atoms with Crippen molar-refractivity contribution in [2.45, 2.75) is 0 Å². The summed E-state index contributed by atoms with van der Waals surface area (Å²) in [5.41, 5.74) is 0.993. The molecular weight excluding hydrogens is 160 g/mol. The van der Waals surface area contributed by atoms with Gasteiger partial charge >= 0.3 is 0 Å². The number of pyridine rings is 1. The first-order chi connectivity index (χ1) is 4.79. The fourth-order valence-electron chi connectivity index (χ4n) is 0.717. The maximum absolute atomic E-state index is 4.12. The van der Waals surface area contributed by atoms with Gasteiger partial charge in [-0.05, 0) is 12.1 Å². The van der Waals surface area contributed by atoms with Crippen LogP contribution in [0.4, 0.5) is 0 Å². The Morgan fingerprint density at radius 3 is 2.55 bits per heavy atom. The number of rotatable bonds is 1. The maximum Gasteiger partial charge on any atom is 0.188 e. The third kappa shape index (κ3) is 3.73. The van der Waals surface area contributed by atoms with Crippen molar-refractivity contribution in [1.82, 2.24) is 4.98 Å². The Morgan fingerprint density at radius 2 is 2.09 bits per heavy atom. The van der Waals surface area contributed by atoms with Crippen LogP contribution in [0.5, 0.6) is 0 Å². The van der Waals surface area contributed by atoms with Crippen LogP contribution >= 0.6 is 0 Å². The molecule has 0 saturated heterocycles. The Labute approximate surface area is 73.0 Å². The number of hydrogen-bond acceptors (Lipinski definition) is 1. The van der Waals surface area contributed by atoms with E-state index in [1.54, 1.807) is 6.20 Å². The van der Waals surface area contributed by atoms with Crippen LogP contribution in [0.1, 0.15) is 5.69 Å². The minimum Gasteiger partial charge on any atom is -1.00 e. The Hall–Kier alpha value is -0.890. The summed E-state index contributed by atoms with van der Waals surface area (Å²) in [6.45, 7) is 0. The van der Waals surface area contributed by atoms with Gasteiger partial charge in [-0.2, -0.15) is 0 Å². The molecule has 1 heterocycles. The van der Waals surface area contributed by atoms with Crippen LogP contribution in [0.15, 0.2) is 24.4 Å². The predicted molar refractivity (Wildman–Crippen MR) is 41.5 cm³/mol. The first-order valence-corrected chi connectivity index (χ1v) is 3.21. The highest BCUT2D eigenvalue weighted by Crippen LogP contribution is 1.86. The van der Waals surface area contributed by atoms with Crippen molar-refractivity contribution in [3.63, 3.8) is 0 Å². The molecule has 0 fully saturated rings. The van der Waals surface area contributed by atoms with Gasteiger partial charge in [0.25, 0.3) is 0 Å². The molecule has 1 rings (SSSR count). The molecule has 0 spiro atoms. The molecule has 1 aromatic rings. The lowest BCUT2D eigenvalue weighted by Crippen LogP contribution is -3.00. The van der Waals surface area contributed by atoms with E-state index < -0.39 is 0 Å². The molecule has 60 valence electrons. The Kier molecular flexibility index (Phi) is 4.46. The summed E-state index contributed by atoms with van der Waals surface area (Å²) >= 11 is 0. The molecule has 0 atom stereocenters. The molecule has 0 aliphatic carbocycles.